The molecule has 1 heterocycles. The summed E-state index contributed by atoms with van der Waals surface area (Å²) in [6.45, 7) is 3.08. The predicted molar refractivity (Wildman–Crippen MR) is 126 cm³/mol. The van der Waals surface area contributed by atoms with Crippen LogP contribution in [0.2, 0.25) is 5.02 Å². The van der Waals surface area contributed by atoms with Crippen LogP contribution in [0.3, 0.4) is 0 Å². The number of halogens is 1. The third-order valence-electron chi connectivity index (χ3n) is 5.53. The summed E-state index contributed by atoms with van der Waals surface area (Å²) >= 11 is 6.15. The van der Waals surface area contributed by atoms with Gasteiger partial charge >= 0.3 is 0 Å². The Kier molecular flexibility index (Phi) is 7.11. The smallest absolute Gasteiger partial charge is 0.255 e. The van der Waals surface area contributed by atoms with Gasteiger partial charge in [0.25, 0.3) is 5.91 Å². The van der Waals surface area contributed by atoms with Crippen molar-refractivity contribution in [3.05, 3.63) is 94.5 Å². The summed E-state index contributed by atoms with van der Waals surface area (Å²) in [5.41, 5.74) is 3.79. The predicted octanol–water partition coefficient (Wildman–Crippen LogP) is 5.84. The summed E-state index contributed by atoms with van der Waals surface area (Å²) in [6, 6.07) is 23.4. The minimum Gasteiger partial charge on any atom is -0.488 e. The number of benzene rings is 3. The Hall–Kier alpha value is -2.98. The number of nitrogens with one attached hydrogen (secondary N) is 1. The van der Waals surface area contributed by atoms with Crippen molar-refractivity contribution in [1.29, 1.82) is 0 Å². The van der Waals surface area contributed by atoms with E-state index in [1.807, 2.05) is 30.3 Å². The van der Waals surface area contributed by atoms with Crippen molar-refractivity contribution in [2.45, 2.75) is 32.4 Å². The number of piperidine rings is 1. The molecule has 1 amide bonds. The fourth-order valence-electron chi connectivity index (χ4n) is 3.80. The van der Waals surface area contributed by atoms with Crippen molar-refractivity contribution in [3.8, 4) is 5.75 Å². The molecule has 0 spiro atoms. The highest BCUT2D eigenvalue weighted by Gasteiger charge is 2.14. The number of hydrogen-bond donors (Lipinski definition) is 1. The van der Waals surface area contributed by atoms with Gasteiger partial charge < -0.3 is 15.0 Å². The van der Waals surface area contributed by atoms with Gasteiger partial charge in [-0.1, -0.05) is 54.1 Å². The van der Waals surface area contributed by atoms with Crippen LogP contribution in [-0.2, 0) is 13.2 Å². The SMILES string of the molecule is O=C(NCc1ccc(N2CCCCC2)cc1)c1cc(Cl)ccc1OCc1ccccc1. The first-order valence-electron chi connectivity index (χ1n) is 10.8. The Morgan fingerprint density at radius 1 is 0.903 bits per heavy atom. The molecule has 4 rings (SSSR count). The van der Waals surface area contributed by atoms with Crippen molar-refractivity contribution in [3.63, 3.8) is 0 Å². The molecule has 0 unspecified atom stereocenters. The van der Waals surface area contributed by atoms with Crippen LogP contribution in [0.4, 0.5) is 5.69 Å². The van der Waals surface area contributed by atoms with Crippen LogP contribution in [0.15, 0.2) is 72.8 Å². The fourth-order valence-corrected chi connectivity index (χ4v) is 3.97. The molecule has 5 heteroatoms. The summed E-state index contributed by atoms with van der Waals surface area (Å²) in [7, 11) is 0. The zero-order valence-electron chi connectivity index (χ0n) is 17.5. The standard InChI is InChI=1S/C26H27ClN2O2/c27-22-11-14-25(31-19-21-7-3-1-4-8-21)24(17-22)26(30)28-18-20-9-12-23(13-10-20)29-15-5-2-6-16-29/h1,3-4,7-14,17H,2,5-6,15-16,18-19H2,(H,28,30). The molecule has 4 nitrogen and oxygen atoms in total. The first-order chi connectivity index (χ1) is 15.2. The van der Waals surface area contributed by atoms with Gasteiger partial charge in [-0.25, -0.2) is 0 Å². The fraction of sp³-hybridized carbons (Fsp3) is 0.269. The molecule has 1 N–H and O–H groups in total. The number of hydrogen-bond acceptors (Lipinski definition) is 3. The van der Waals surface area contributed by atoms with Crippen molar-refractivity contribution in [1.82, 2.24) is 5.32 Å². The second-order valence-corrected chi connectivity index (χ2v) is 8.25. The van der Waals surface area contributed by atoms with Crippen LogP contribution < -0.4 is 15.0 Å². The number of carbonyl (C=O) groups is 1. The molecular weight excluding hydrogens is 408 g/mol. The molecule has 160 valence electrons. The van der Waals surface area contributed by atoms with E-state index in [1.165, 1.54) is 24.9 Å². The maximum Gasteiger partial charge on any atom is 0.255 e. The molecule has 0 aliphatic carbocycles. The molecule has 3 aromatic carbocycles. The largest absolute Gasteiger partial charge is 0.488 e. The average molecular weight is 435 g/mol. The van der Waals surface area contributed by atoms with Gasteiger partial charge in [-0.15, -0.1) is 0 Å². The second kappa shape index (κ2) is 10.4. The quantitative estimate of drug-likeness (QED) is 0.508. The monoisotopic (exact) mass is 434 g/mol. The van der Waals surface area contributed by atoms with Gasteiger partial charge in [0, 0.05) is 30.3 Å². The molecule has 3 aromatic rings. The van der Waals surface area contributed by atoms with Gasteiger partial charge in [0.15, 0.2) is 0 Å². The van der Waals surface area contributed by atoms with E-state index in [0.29, 0.717) is 29.5 Å². The van der Waals surface area contributed by atoms with E-state index in [2.05, 4.69) is 34.5 Å². The van der Waals surface area contributed by atoms with E-state index in [0.717, 1.165) is 24.2 Å². The van der Waals surface area contributed by atoms with Crippen LogP contribution >= 0.6 is 11.6 Å². The van der Waals surface area contributed by atoms with Gasteiger partial charge in [0.05, 0.1) is 5.56 Å². The molecule has 1 aliphatic rings. The third kappa shape index (κ3) is 5.80. The molecular formula is C26H27ClN2O2. The van der Waals surface area contributed by atoms with Crippen LogP contribution in [0.1, 0.15) is 40.7 Å². The Balaban J connectivity index is 1.38. The summed E-state index contributed by atoms with van der Waals surface area (Å²) in [6.07, 6.45) is 3.83. The van der Waals surface area contributed by atoms with Gasteiger partial charge in [-0.2, -0.15) is 0 Å². The molecule has 31 heavy (non-hydrogen) atoms. The van der Waals surface area contributed by atoms with Gasteiger partial charge in [0.2, 0.25) is 0 Å². The highest BCUT2D eigenvalue weighted by atomic mass is 35.5. The maximum absolute atomic E-state index is 12.9. The van der Waals surface area contributed by atoms with E-state index in [4.69, 9.17) is 16.3 Å². The summed E-state index contributed by atoms with van der Waals surface area (Å²) in [5.74, 6) is 0.317. The van der Waals surface area contributed by atoms with E-state index >= 15 is 0 Å². The maximum atomic E-state index is 12.9. The first kappa shape index (κ1) is 21.3. The van der Waals surface area contributed by atoms with Crippen LogP contribution in [0.25, 0.3) is 0 Å². The van der Waals surface area contributed by atoms with E-state index in [1.54, 1.807) is 18.2 Å². The van der Waals surface area contributed by atoms with Crippen molar-refractivity contribution in [2.75, 3.05) is 18.0 Å². The minimum atomic E-state index is -0.203. The number of rotatable bonds is 7. The number of ether oxygens (including phenoxy) is 1. The zero-order valence-corrected chi connectivity index (χ0v) is 18.3. The number of nitrogens with zero attached hydrogens (tertiary/aromatic N) is 1. The average Bonchev–Trinajstić information content (AvgIpc) is 2.83. The van der Waals surface area contributed by atoms with E-state index in [-0.39, 0.29) is 5.91 Å². The normalized spacial score (nSPS) is 13.6. The highest BCUT2D eigenvalue weighted by molar-refractivity contribution is 6.31. The van der Waals surface area contributed by atoms with Crippen molar-refractivity contribution >= 4 is 23.2 Å². The van der Waals surface area contributed by atoms with Gasteiger partial charge in [-0.05, 0) is 60.7 Å². The van der Waals surface area contributed by atoms with Crippen LogP contribution in [0, 0.1) is 0 Å². The van der Waals surface area contributed by atoms with Crippen LogP contribution in [0.5, 0.6) is 5.75 Å². The molecule has 0 atom stereocenters. The summed E-state index contributed by atoms with van der Waals surface area (Å²) in [4.78, 5) is 15.3. The Morgan fingerprint density at radius 2 is 1.65 bits per heavy atom. The van der Waals surface area contributed by atoms with Crippen molar-refractivity contribution < 1.29 is 9.53 Å². The zero-order chi connectivity index (χ0) is 21.5. The Morgan fingerprint density at radius 3 is 2.39 bits per heavy atom. The Labute approximate surface area is 188 Å². The van der Waals surface area contributed by atoms with E-state index < -0.39 is 0 Å². The lowest BCUT2D eigenvalue weighted by Crippen LogP contribution is -2.29. The lowest BCUT2D eigenvalue weighted by atomic mass is 10.1. The van der Waals surface area contributed by atoms with Crippen molar-refractivity contribution in [2.24, 2.45) is 0 Å². The number of anilines is 1. The number of amides is 1. The molecule has 0 saturated carbocycles. The number of carbonyl (C=O) groups excluding carboxylic acids is 1. The molecule has 1 aliphatic heterocycles. The van der Waals surface area contributed by atoms with Crippen LogP contribution in [-0.4, -0.2) is 19.0 Å². The molecule has 1 saturated heterocycles. The molecule has 0 aromatic heterocycles. The summed E-state index contributed by atoms with van der Waals surface area (Å²) in [5, 5.41) is 3.49. The van der Waals surface area contributed by atoms with Gasteiger partial charge in [-0.3, -0.25) is 4.79 Å². The minimum absolute atomic E-state index is 0.203. The topological polar surface area (TPSA) is 41.6 Å². The van der Waals surface area contributed by atoms with Gasteiger partial charge in [0.1, 0.15) is 12.4 Å². The van der Waals surface area contributed by atoms with E-state index in [9.17, 15) is 4.79 Å². The lowest BCUT2D eigenvalue weighted by molar-refractivity contribution is 0.0946. The molecule has 0 radical (unpaired) electrons. The third-order valence-corrected chi connectivity index (χ3v) is 5.77. The first-order valence-corrected chi connectivity index (χ1v) is 11.2. The Bertz CT molecular complexity index is 1000. The molecule has 0 bridgehead atoms. The summed E-state index contributed by atoms with van der Waals surface area (Å²) < 4.78 is 5.91. The molecule has 1 fully saturated rings. The second-order valence-electron chi connectivity index (χ2n) is 7.81. The highest BCUT2D eigenvalue weighted by Crippen LogP contribution is 2.24. The lowest BCUT2D eigenvalue weighted by Gasteiger charge is -2.28.